The lowest BCUT2D eigenvalue weighted by atomic mass is 9.71. The van der Waals surface area contributed by atoms with E-state index < -0.39 is 21.4 Å². The summed E-state index contributed by atoms with van der Waals surface area (Å²) in [6, 6.07) is 1.85. The molecular weight excluding hydrogens is 304 g/mol. The number of nitrogens with one attached hydrogen (secondary N) is 1. The highest BCUT2D eigenvalue weighted by Gasteiger charge is 2.39. The van der Waals surface area contributed by atoms with Crippen LogP contribution < -0.4 is 5.32 Å². The van der Waals surface area contributed by atoms with Gasteiger partial charge < -0.3 is 10.4 Å². The molecule has 1 fully saturated rings. The van der Waals surface area contributed by atoms with Crippen LogP contribution in [0.5, 0.6) is 0 Å². The van der Waals surface area contributed by atoms with E-state index in [-0.39, 0.29) is 22.6 Å². The number of rotatable bonds is 3. The van der Waals surface area contributed by atoms with Crippen LogP contribution in [0.3, 0.4) is 0 Å². The molecule has 0 radical (unpaired) electrons. The van der Waals surface area contributed by atoms with E-state index in [1.54, 1.807) is 0 Å². The molecule has 0 saturated heterocycles. The standard InChI is InChI=1S/C14H20N4O3S/c1-14(2)10(5-4-6-11(14)19)17-12-9(7-15)8-16-13(18-12)22(3,20)21/h8,10-11,19H,4-6H2,1-3H3,(H,16,17,18)/t10-,11+/m0/s1. The van der Waals surface area contributed by atoms with Crippen molar-refractivity contribution in [3.05, 3.63) is 11.8 Å². The Hall–Kier alpha value is -1.72. The molecule has 1 aliphatic carbocycles. The van der Waals surface area contributed by atoms with Crippen molar-refractivity contribution >= 4 is 15.7 Å². The van der Waals surface area contributed by atoms with E-state index in [2.05, 4.69) is 15.3 Å². The first-order chi connectivity index (χ1) is 10.2. The Balaban J connectivity index is 2.38. The highest BCUT2D eigenvalue weighted by atomic mass is 32.2. The summed E-state index contributed by atoms with van der Waals surface area (Å²) in [6.07, 6.45) is 4.17. The van der Waals surface area contributed by atoms with Crippen LogP contribution in [0.2, 0.25) is 0 Å². The van der Waals surface area contributed by atoms with Crippen molar-refractivity contribution in [1.29, 1.82) is 5.26 Å². The summed E-state index contributed by atoms with van der Waals surface area (Å²) in [5, 5.41) is 22.1. The third kappa shape index (κ3) is 3.20. The fraction of sp³-hybridized carbons (Fsp3) is 0.643. The van der Waals surface area contributed by atoms with Gasteiger partial charge in [0.05, 0.1) is 12.3 Å². The summed E-state index contributed by atoms with van der Waals surface area (Å²) in [6.45, 7) is 3.89. The molecule has 120 valence electrons. The van der Waals surface area contributed by atoms with E-state index in [9.17, 15) is 13.5 Å². The average Bonchev–Trinajstić information content (AvgIpc) is 2.43. The van der Waals surface area contributed by atoms with Gasteiger partial charge in [0, 0.05) is 17.7 Å². The topological polar surface area (TPSA) is 116 Å². The molecule has 0 bridgehead atoms. The van der Waals surface area contributed by atoms with Gasteiger partial charge in [0.15, 0.2) is 0 Å². The Morgan fingerprint density at radius 1 is 1.45 bits per heavy atom. The molecule has 7 nitrogen and oxygen atoms in total. The van der Waals surface area contributed by atoms with E-state index in [1.165, 1.54) is 6.20 Å². The fourth-order valence-electron chi connectivity index (χ4n) is 2.65. The Kier molecular flexibility index (Phi) is 4.40. The van der Waals surface area contributed by atoms with Crippen LogP contribution in [0.4, 0.5) is 5.82 Å². The van der Waals surface area contributed by atoms with Gasteiger partial charge in [-0.3, -0.25) is 0 Å². The van der Waals surface area contributed by atoms with E-state index in [0.29, 0.717) is 0 Å². The zero-order valence-electron chi connectivity index (χ0n) is 12.9. The summed E-state index contributed by atoms with van der Waals surface area (Å²) in [4.78, 5) is 7.70. The number of aliphatic hydroxyl groups excluding tert-OH is 1. The second-order valence-corrected chi connectivity index (χ2v) is 8.17. The smallest absolute Gasteiger partial charge is 0.248 e. The van der Waals surface area contributed by atoms with Crippen molar-refractivity contribution in [2.45, 2.75) is 50.4 Å². The predicted octanol–water partition coefficient (Wildman–Crippen LogP) is 1.10. The van der Waals surface area contributed by atoms with Crippen LogP contribution in [0, 0.1) is 16.7 Å². The van der Waals surface area contributed by atoms with Gasteiger partial charge in [0.1, 0.15) is 17.5 Å². The van der Waals surface area contributed by atoms with Gasteiger partial charge >= 0.3 is 0 Å². The molecule has 2 rings (SSSR count). The first-order valence-corrected chi connectivity index (χ1v) is 8.97. The Morgan fingerprint density at radius 2 is 2.14 bits per heavy atom. The Bertz CT molecular complexity index is 709. The van der Waals surface area contributed by atoms with E-state index in [1.807, 2.05) is 19.9 Å². The van der Waals surface area contributed by atoms with Crippen molar-refractivity contribution in [2.75, 3.05) is 11.6 Å². The van der Waals surface area contributed by atoms with Gasteiger partial charge in [-0.1, -0.05) is 13.8 Å². The molecule has 1 saturated carbocycles. The lowest BCUT2D eigenvalue weighted by molar-refractivity contribution is 0.00450. The number of aliphatic hydroxyl groups is 1. The van der Waals surface area contributed by atoms with Crippen LogP contribution in [0.15, 0.2) is 11.4 Å². The quantitative estimate of drug-likeness (QED) is 0.800. The number of anilines is 1. The lowest BCUT2D eigenvalue weighted by Gasteiger charge is -2.43. The van der Waals surface area contributed by atoms with Crippen LogP contribution in [-0.2, 0) is 9.84 Å². The molecule has 0 amide bonds. The number of nitrogens with zero attached hydrogens (tertiary/aromatic N) is 3. The van der Waals surface area contributed by atoms with Gasteiger partial charge in [-0.05, 0) is 19.3 Å². The zero-order valence-corrected chi connectivity index (χ0v) is 13.7. The molecule has 22 heavy (non-hydrogen) atoms. The number of sulfone groups is 1. The molecule has 1 aromatic heterocycles. The predicted molar refractivity (Wildman–Crippen MR) is 80.9 cm³/mol. The number of aromatic nitrogens is 2. The van der Waals surface area contributed by atoms with Crippen molar-refractivity contribution in [3.63, 3.8) is 0 Å². The van der Waals surface area contributed by atoms with Crippen molar-refractivity contribution in [1.82, 2.24) is 9.97 Å². The summed E-state index contributed by atoms with van der Waals surface area (Å²) >= 11 is 0. The van der Waals surface area contributed by atoms with Crippen LogP contribution in [0.1, 0.15) is 38.7 Å². The molecule has 1 heterocycles. The maximum absolute atomic E-state index is 11.6. The normalized spacial score (nSPS) is 24.5. The molecule has 0 unspecified atom stereocenters. The number of hydrogen-bond acceptors (Lipinski definition) is 7. The lowest BCUT2D eigenvalue weighted by Crippen LogP contribution is -2.48. The van der Waals surface area contributed by atoms with Crippen LogP contribution in [0.25, 0.3) is 0 Å². The van der Waals surface area contributed by atoms with E-state index in [4.69, 9.17) is 5.26 Å². The van der Waals surface area contributed by atoms with Gasteiger partial charge in [-0.2, -0.15) is 10.2 Å². The maximum Gasteiger partial charge on any atom is 0.248 e. The molecule has 0 aliphatic heterocycles. The molecule has 2 atom stereocenters. The Morgan fingerprint density at radius 3 is 2.73 bits per heavy atom. The highest BCUT2D eigenvalue weighted by molar-refractivity contribution is 7.90. The summed E-state index contributed by atoms with van der Waals surface area (Å²) in [5.41, 5.74) is -0.218. The van der Waals surface area contributed by atoms with Crippen LogP contribution in [-0.4, -0.2) is 41.9 Å². The number of hydrogen-bond donors (Lipinski definition) is 2. The van der Waals surface area contributed by atoms with E-state index in [0.717, 1.165) is 25.5 Å². The van der Waals surface area contributed by atoms with Gasteiger partial charge in [0.2, 0.25) is 15.0 Å². The minimum atomic E-state index is -3.55. The third-order valence-electron chi connectivity index (χ3n) is 4.26. The summed E-state index contributed by atoms with van der Waals surface area (Å²) in [7, 11) is -3.55. The maximum atomic E-state index is 11.6. The summed E-state index contributed by atoms with van der Waals surface area (Å²) < 4.78 is 23.2. The number of nitriles is 1. The molecule has 0 spiro atoms. The molecule has 2 N–H and O–H groups in total. The second-order valence-electron chi connectivity index (χ2n) is 6.26. The molecule has 1 aliphatic rings. The van der Waals surface area contributed by atoms with Crippen molar-refractivity contribution < 1.29 is 13.5 Å². The zero-order chi connectivity index (χ0) is 16.5. The first-order valence-electron chi connectivity index (χ1n) is 7.08. The minimum absolute atomic E-state index is 0.106. The Labute approximate surface area is 130 Å². The average molecular weight is 324 g/mol. The highest BCUT2D eigenvalue weighted by Crippen LogP contribution is 2.37. The van der Waals surface area contributed by atoms with Crippen LogP contribution >= 0.6 is 0 Å². The minimum Gasteiger partial charge on any atom is -0.392 e. The van der Waals surface area contributed by atoms with Gasteiger partial charge in [-0.25, -0.2) is 13.4 Å². The van der Waals surface area contributed by atoms with Crippen molar-refractivity contribution in [2.24, 2.45) is 5.41 Å². The molecule has 8 heteroatoms. The summed E-state index contributed by atoms with van der Waals surface area (Å²) in [5.74, 6) is 0.199. The third-order valence-corrected chi connectivity index (χ3v) is 5.12. The van der Waals surface area contributed by atoms with Gasteiger partial charge in [-0.15, -0.1) is 0 Å². The van der Waals surface area contributed by atoms with E-state index >= 15 is 0 Å². The second kappa shape index (κ2) is 5.82. The SMILES string of the molecule is CC1(C)[C@H](O)CCC[C@@H]1Nc1nc(S(C)(=O)=O)ncc1C#N. The van der Waals surface area contributed by atoms with Crippen molar-refractivity contribution in [3.8, 4) is 6.07 Å². The molecule has 0 aromatic carbocycles. The first kappa shape index (κ1) is 16.6. The van der Waals surface area contributed by atoms with Gasteiger partial charge in [0.25, 0.3) is 0 Å². The molecular formula is C14H20N4O3S. The largest absolute Gasteiger partial charge is 0.392 e. The monoisotopic (exact) mass is 324 g/mol. The fourth-order valence-corrected chi connectivity index (χ4v) is 3.15. The molecule has 1 aromatic rings.